The Balaban J connectivity index is 1.72. The molecule has 2 atom stereocenters. The van der Waals surface area contributed by atoms with Gasteiger partial charge in [-0.3, -0.25) is 14.4 Å². The summed E-state index contributed by atoms with van der Waals surface area (Å²) in [6, 6.07) is 12.3. The van der Waals surface area contributed by atoms with Crippen molar-refractivity contribution in [3.63, 3.8) is 0 Å². The molecule has 7 nitrogen and oxygen atoms in total. The van der Waals surface area contributed by atoms with E-state index in [-0.39, 0.29) is 18.2 Å². The molecule has 2 aliphatic rings. The first-order chi connectivity index (χ1) is 16.9. The molecule has 2 N–H and O–H groups in total. The van der Waals surface area contributed by atoms with Crippen LogP contribution in [-0.4, -0.2) is 47.0 Å². The van der Waals surface area contributed by atoms with E-state index >= 15 is 0 Å². The van der Waals surface area contributed by atoms with Crippen LogP contribution in [0, 0.1) is 6.92 Å². The van der Waals surface area contributed by atoms with Gasteiger partial charge in [-0.2, -0.15) is 0 Å². The van der Waals surface area contributed by atoms with Crippen molar-refractivity contribution in [1.82, 2.24) is 10.2 Å². The Labute approximate surface area is 206 Å². The van der Waals surface area contributed by atoms with Crippen LogP contribution in [0.1, 0.15) is 68.5 Å². The SMILES string of the molecule is Cc1cccc2c1-c1cccc(c1)[C@H](CC(=O)O)NC(=O)[C@@H](N1CCCCC1=O)CCCCCO2. The van der Waals surface area contributed by atoms with Crippen molar-refractivity contribution < 1.29 is 24.2 Å². The number of carboxylic acid groups (broad SMARTS) is 1. The fourth-order valence-electron chi connectivity index (χ4n) is 5.12. The summed E-state index contributed by atoms with van der Waals surface area (Å²) in [6.45, 7) is 3.16. The van der Waals surface area contributed by atoms with Crippen LogP contribution >= 0.6 is 0 Å². The maximum atomic E-state index is 13.5. The molecule has 2 aliphatic heterocycles. The third kappa shape index (κ3) is 6.02. The van der Waals surface area contributed by atoms with Gasteiger partial charge in [0.1, 0.15) is 11.8 Å². The standard InChI is InChI=1S/C28H34N2O5/c1-19-9-7-13-24-27(19)21-11-8-10-20(17-21)22(18-26(32)33)29-28(34)23(12-3-2-6-16-35-24)30-15-5-4-14-25(30)31/h7-11,13,17,22-23H,2-6,12,14-16,18H2,1H3,(H,29,34)(H,32,33)/t22-,23-/m0/s1. The summed E-state index contributed by atoms with van der Waals surface area (Å²) in [4.78, 5) is 39.6. The maximum absolute atomic E-state index is 13.5. The van der Waals surface area contributed by atoms with E-state index in [9.17, 15) is 19.5 Å². The number of carbonyl (C=O) groups is 3. The average Bonchev–Trinajstić information content (AvgIpc) is 2.83. The van der Waals surface area contributed by atoms with Crippen molar-refractivity contribution in [2.45, 2.75) is 70.4 Å². The molecule has 1 fully saturated rings. The van der Waals surface area contributed by atoms with Gasteiger partial charge in [0, 0.05) is 18.5 Å². The summed E-state index contributed by atoms with van der Waals surface area (Å²) in [6.07, 6.45) is 4.98. The van der Waals surface area contributed by atoms with Gasteiger partial charge >= 0.3 is 5.97 Å². The van der Waals surface area contributed by atoms with Gasteiger partial charge < -0.3 is 20.1 Å². The fourth-order valence-corrected chi connectivity index (χ4v) is 5.12. The Morgan fingerprint density at radius 1 is 1.09 bits per heavy atom. The lowest BCUT2D eigenvalue weighted by atomic mass is 9.94. The van der Waals surface area contributed by atoms with Crippen LogP contribution in [0.4, 0.5) is 0 Å². The topological polar surface area (TPSA) is 95.9 Å². The molecule has 2 amide bonds. The van der Waals surface area contributed by atoms with Gasteiger partial charge in [0.2, 0.25) is 11.8 Å². The molecule has 0 radical (unpaired) electrons. The summed E-state index contributed by atoms with van der Waals surface area (Å²) >= 11 is 0. The zero-order valence-electron chi connectivity index (χ0n) is 20.3. The van der Waals surface area contributed by atoms with Crippen molar-refractivity contribution in [3.05, 3.63) is 53.6 Å². The van der Waals surface area contributed by atoms with Crippen LogP contribution in [0.2, 0.25) is 0 Å². The summed E-state index contributed by atoms with van der Waals surface area (Å²) in [5.41, 5.74) is 3.66. The number of amides is 2. The van der Waals surface area contributed by atoms with Crippen molar-refractivity contribution in [2.24, 2.45) is 0 Å². The maximum Gasteiger partial charge on any atom is 0.305 e. The highest BCUT2D eigenvalue weighted by atomic mass is 16.5. The van der Waals surface area contributed by atoms with Gasteiger partial charge in [-0.25, -0.2) is 0 Å². The number of fused-ring (bicyclic) bond motifs is 4. The van der Waals surface area contributed by atoms with Crippen molar-refractivity contribution in [3.8, 4) is 16.9 Å². The Bertz CT molecular complexity index is 1080. The summed E-state index contributed by atoms with van der Waals surface area (Å²) in [5, 5.41) is 12.6. The lowest BCUT2D eigenvalue weighted by molar-refractivity contribution is -0.143. The number of ether oxygens (including phenoxy) is 1. The minimum absolute atomic E-state index is 0.000330. The lowest BCUT2D eigenvalue weighted by Crippen LogP contribution is -2.52. The molecule has 0 aliphatic carbocycles. The third-order valence-electron chi connectivity index (χ3n) is 6.93. The van der Waals surface area contributed by atoms with Gasteiger partial charge in [-0.05, 0) is 67.9 Å². The van der Waals surface area contributed by atoms with E-state index in [1.807, 2.05) is 49.4 Å². The first kappa shape index (κ1) is 24.8. The van der Waals surface area contributed by atoms with Gasteiger partial charge in [0.25, 0.3) is 0 Å². The van der Waals surface area contributed by atoms with E-state index in [1.165, 1.54) is 0 Å². The van der Waals surface area contributed by atoms with E-state index in [4.69, 9.17) is 4.74 Å². The number of likely N-dealkylation sites (tertiary alicyclic amines) is 1. The monoisotopic (exact) mass is 478 g/mol. The Morgan fingerprint density at radius 2 is 1.91 bits per heavy atom. The van der Waals surface area contributed by atoms with Crippen LogP contribution in [0.5, 0.6) is 5.75 Å². The second kappa shape index (κ2) is 11.4. The number of carboxylic acids is 1. The number of aliphatic carboxylic acids is 1. The molecular formula is C28H34N2O5. The predicted molar refractivity (Wildman–Crippen MR) is 133 cm³/mol. The van der Waals surface area contributed by atoms with Crippen molar-refractivity contribution in [1.29, 1.82) is 0 Å². The minimum atomic E-state index is -0.996. The fraction of sp³-hybridized carbons (Fsp3) is 0.464. The molecule has 4 rings (SSSR count). The largest absolute Gasteiger partial charge is 0.493 e. The number of hydrogen-bond acceptors (Lipinski definition) is 4. The summed E-state index contributed by atoms with van der Waals surface area (Å²) < 4.78 is 6.17. The molecule has 186 valence electrons. The zero-order valence-corrected chi connectivity index (χ0v) is 20.3. The number of carbonyl (C=O) groups excluding carboxylic acids is 2. The molecule has 7 heteroatoms. The van der Waals surface area contributed by atoms with Crippen LogP contribution in [0.3, 0.4) is 0 Å². The number of rotatable bonds is 3. The van der Waals surface area contributed by atoms with Crippen LogP contribution in [-0.2, 0) is 14.4 Å². The van der Waals surface area contributed by atoms with Gasteiger partial charge in [-0.1, -0.05) is 36.8 Å². The molecular weight excluding hydrogens is 444 g/mol. The number of nitrogens with one attached hydrogen (secondary N) is 1. The number of piperidine rings is 1. The average molecular weight is 479 g/mol. The van der Waals surface area contributed by atoms with Gasteiger partial charge in [-0.15, -0.1) is 0 Å². The highest BCUT2D eigenvalue weighted by Gasteiger charge is 2.32. The predicted octanol–water partition coefficient (Wildman–Crippen LogP) is 4.63. The quantitative estimate of drug-likeness (QED) is 0.671. The molecule has 0 spiro atoms. The highest BCUT2D eigenvalue weighted by molar-refractivity contribution is 5.88. The second-order valence-electron chi connectivity index (χ2n) is 9.49. The molecule has 35 heavy (non-hydrogen) atoms. The molecule has 0 saturated carbocycles. The second-order valence-corrected chi connectivity index (χ2v) is 9.49. The van der Waals surface area contributed by atoms with Gasteiger partial charge in [0.15, 0.2) is 0 Å². The smallest absolute Gasteiger partial charge is 0.305 e. The normalized spacial score (nSPS) is 21.7. The lowest BCUT2D eigenvalue weighted by Gasteiger charge is -2.35. The van der Waals surface area contributed by atoms with E-state index in [1.54, 1.807) is 4.90 Å². The van der Waals surface area contributed by atoms with Crippen molar-refractivity contribution in [2.75, 3.05) is 13.2 Å². The van der Waals surface area contributed by atoms with E-state index < -0.39 is 18.1 Å². The Kier molecular flexibility index (Phi) is 8.06. The van der Waals surface area contributed by atoms with E-state index in [0.29, 0.717) is 31.6 Å². The van der Waals surface area contributed by atoms with Crippen LogP contribution in [0.15, 0.2) is 42.5 Å². The molecule has 2 bridgehead atoms. The van der Waals surface area contributed by atoms with Crippen LogP contribution in [0.25, 0.3) is 11.1 Å². The molecule has 0 unspecified atom stereocenters. The number of nitrogens with zero attached hydrogens (tertiary/aromatic N) is 1. The highest BCUT2D eigenvalue weighted by Crippen LogP contribution is 2.35. The Hall–Kier alpha value is -3.35. The zero-order chi connectivity index (χ0) is 24.8. The molecule has 0 aromatic heterocycles. The van der Waals surface area contributed by atoms with Gasteiger partial charge in [0.05, 0.1) is 19.1 Å². The molecule has 2 heterocycles. The van der Waals surface area contributed by atoms with E-state index in [2.05, 4.69) is 5.32 Å². The Morgan fingerprint density at radius 3 is 2.71 bits per heavy atom. The number of aryl methyl sites for hydroxylation is 1. The van der Waals surface area contributed by atoms with E-state index in [0.717, 1.165) is 54.5 Å². The molecule has 1 saturated heterocycles. The first-order valence-electron chi connectivity index (χ1n) is 12.6. The van der Waals surface area contributed by atoms with Crippen molar-refractivity contribution >= 4 is 17.8 Å². The minimum Gasteiger partial charge on any atom is -0.493 e. The molecule has 2 aromatic rings. The summed E-state index contributed by atoms with van der Waals surface area (Å²) in [7, 11) is 0. The first-order valence-corrected chi connectivity index (χ1v) is 12.6. The summed E-state index contributed by atoms with van der Waals surface area (Å²) in [5.74, 6) is -0.475. The molecule has 2 aromatic carbocycles. The number of hydrogen-bond donors (Lipinski definition) is 2. The number of benzene rings is 2. The van der Waals surface area contributed by atoms with Crippen LogP contribution < -0.4 is 10.1 Å². The third-order valence-corrected chi connectivity index (χ3v) is 6.93.